The third kappa shape index (κ3) is 3.46. The predicted molar refractivity (Wildman–Crippen MR) is 104 cm³/mol. The highest BCUT2D eigenvalue weighted by Crippen LogP contribution is 2.18. The van der Waals surface area contributed by atoms with Gasteiger partial charge in [-0.2, -0.15) is 0 Å². The number of hydrogen-bond acceptors (Lipinski definition) is 3. The van der Waals surface area contributed by atoms with Crippen molar-refractivity contribution in [2.24, 2.45) is 0 Å². The number of fused-ring (bicyclic) bond motifs is 1. The standard InChI is InChI=1S/C21H19N3O3/c25-19-13-17(16-5-1-2-6-18(16)23-19)20(26)22-15-9-7-14(8-10-15)21(27)24-11-3-4-12-24/h1-2,5-10,13H,3-4,11-12H2,(H,22,26)(H,23,25). The molecular formula is C21H19N3O3. The van der Waals surface area contributed by atoms with E-state index in [9.17, 15) is 14.4 Å². The number of aromatic nitrogens is 1. The monoisotopic (exact) mass is 361 g/mol. The minimum absolute atomic E-state index is 0.0194. The second-order valence-corrected chi connectivity index (χ2v) is 6.62. The van der Waals surface area contributed by atoms with Crippen LogP contribution < -0.4 is 10.9 Å². The van der Waals surface area contributed by atoms with E-state index in [2.05, 4.69) is 10.3 Å². The van der Waals surface area contributed by atoms with E-state index in [1.165, 1.54) is 6.07 Å². The van der Waals surface area contributed by atoms with Gasteiger partial charge in [0, 0.05) is 41.3 Å². The maximum atomic E-state index is 12.7. The van der Waals surface area contributed by atoms with Crippen molar-refractivity contribution in [1.82, 2.24) is 9.88 Å². The summed E-state index contributed by atoms with van der Waals surface area (Å²) in [6.45, 7) is 1.60. The Morgan fingerprint density at radius 1 is 0.963 bits per heavy atom. The first kappa shape index (κ1) is 17.0. The van der Waals surface area contributed by atoms with Gasteiger partial charge in [-0.05, 0) is 43.2 Å². The van der Waals surface area contributed by atoms with Gasteiger partial charge >= 0.3 is 0 Å². The molecule has 1 aliphatic heterocycles. The zero-order valence-electron chi connectivity index (χ0n) is 14.7. The van der Waals surface area contributed by atoms with Gasteiger partial charge in [0.2, 0.25) is 5.56 Å². The maximum Gasteiger partial charge on any atom is 0.256 e. The Kier molecular flexibility index (Phi) is 4.46. The topological polar surface area (TPSA) is 82.3 Å². The molecule has 2 N–H and O–H groups in total. The number of para-hydroxylation sites is 1. The van der Waals surface area contributed by atoms with Crippen molar-refractivity contribution in [2.45, 2.75) is 12.8 Å². The Balaban J connectivity index is 1.55. The van der Waals surface area contributed by atoms with Gasteiger partial charge in [-0.1, -0.05) is 18.2 Å². The van der Waals surface area contributed by atoms with Crippen molar-refractivity contribution in [2.75, 3.05) is 18.4 Å². The number of H-pyrrole nitrogens is 1. The summed E-state index contributed by atoms with van der Waals surface area (Å²) >= 11 is 0. The average Bonchev–Trinajstić information content (AvgIpc) is 3.22. The number of benzene rings is 2. The minimum Gasteiger partial charge on any atom is -0.339 e. The first-order valence-corrected chi connectivity index (χ1v) is 8.94. The average molecular weight is 361 g/mol. The van der Waals surface area contributed by atoms with Crippen LogP contribution in [0.1, 0.15) is 33.6 Å². The van der Waals surface area contributed by atoms with Crippen LogP contribution in [-0.2, 0) is 0 Å². The van der Waals surface area contributed by atoms with E-state index >= 15 is 0 Å². The fourth-order valence-electron chi connectivity index (χ4n) is 3.39. The quantitative estimate of drug-likeness (QED) is 0.752. The molecule has 0 bridgehead atoms. The SMILES string of the molecule is O=C(Nc1ccc(C(=O)N2CCCC2)cc1)c1cc(=O)[nH]c2ccccc12. The normalized spacial score (nSPS) is 13.7. The Bertz CT molecular complexity index is 1060. The smallest absolute Gasteiger partial charge is 0.256 e. The van der Waals surface area contributed by atoms with Gasteiger partial charge in [0.05, 0.1) is 5.56 Å². The molecule has 1 saturated heterocycles. The van der Waals surface area contributed by atoms with E-state index < -0.39 is 0 Å². The molecule has 2 aromatic carbocycles. The van der Waals surface area contributed by atoms with E-state index in [1.54, 1.807) is 42.5 Å². The molecular weight excluding hydrogens is 342 g/mol. The molecule has 0 radical (unpaired) electrons. The summed E-state index contributed by atoms with van der Waals surface area (Å²) in [5.74, 6) is -0.345. The van der Waals surface area contributed by atoms with Gasteiger partial charge in [0.25, 0.3) is 11.8 Å². The third-order valence-corrected chi connectivity index (χ3v) is 4.78. The lowest BCUT2D eigenvalue weighted by Crippen LogP contribution is -2.27. The summed E-state index contributed by atoms with van der Waals surface area (Å²) < 4.78 is 0. The second-order valence-electron chi connectivity index (χ2n) is 6.62. The Morgan fingerprint density at radius 2 is 1.67 bits per heavy atom. The van der Waals surface area contributed by atoms with Gasteiger partial charge in [-0.15, -0.1) is 0 Å². The summed E-state index contributed by atoms with van der Waals surface area (Å²) in [5.41, 5.74) is 1.78. The molecule has 3 aromatic rings. The molecule has 1 fully saturated rings. The minimum atomic E-state index is -0.365. The molecule has 136 valence electrons. The van der Waals surface area contributed by atoms with Crippen molar-refractivity contribution in [3.63, 3.8) is 0 Å². The fraction of sp³-hybridized carbons (Fsp3) is 0.190. The summed E-state index contributed by atoms with van der Waals surface area (Å²) in [7, 11) is 0. The highest BCUT2D eigenvalue weighted by atomic mass is 16.2. The first-order valence-electron chi connectivity index (χ1n) is 8.94. The molecule has 0 atom stereocenters. The summed E-state index contributed by atoms with van der Waals surface area (Å²) in [5, 5.41) is 3.47. The molecule has 6 nitrogen and oxygen atoms in total. The van der Waals surface area contributed by atoms with Crippen LogP contribution in [0.25, 0.3) is 10.9 Å². The number of aromatic amines is 1. The fourth-order valence-corrected chi connectivity index (χ4v) is 3.39. The van der Waals surface area contributed by atoms with Crippen molar-refractivity contribution in [1.29, 1.82) is 0 Å². The zero-order valence-corrected chi connectivity index (χ0v) is 14.7. The lowest BCUT2D eigenvalue weighted by atomic mass is 10.1. The van der Waals surface area contributed by atoms with Gasteiger partial charge < -0.3 is 15.2 Å². The molecule has 2 amide bonds. The number of amides is 2. The molecule has 0 spiro atoms. The maximum absolute atomic E-state index is 12.7. The number of carbonyl (C=O) groups excluding carboxylic acids is 2. The van der Waals surface area contributed by atoms with E-state index in [1.807, 2.05) is 11.0 Å². The van der Waals surface area contributed by atoms with Crippen molar-refractivity contribution in [3.8, 4) is 0 Å². The largest absolute Gasteiger partial charge is 0.339 e. The second kappa shape index (κ2) is 7.07. The Labute approximate surface area is 155 Å². The van der Waals surface area contributed by atoms with E-state index in [0.29, 0.717) is 27.7 Å². The number of carbonyl (C=O) groups is 2. The molecule has 1 aliphatic rings. The summed E-state index contributed by atoms with van der Waals surface area (Å²) in [4.78, 5) is 41.4. The van der Waals surface area contributed by atoms with Crippen LogP contribution in [0, 0.1) is 0 Å². The van der Waals surface area contributed by atoms with Gasteiger partial charge in [0.1, 0.15) is 0 Å². The number of pyridine rings is 1. The number of anilines is 1. The predicted octanol–water partition coefficient (Wildman–Crippen LogP) is 3.02. The highest BCUT2D eigenvalue weighted by Gasteiger charge is 2.19. The summed E-state index contributed by atoms with van der Waals surface area (Å²) in [6.07, 6.45) is 2.09. The van der Waals surface area contributed by atoms with Crippen molar-refractivity contribution < 1.29 is 9.59 Å². The van der Waals surface area contributed by atoms with Crippen LogP contribution in [0.15, 0.2) is 59.4 Å². The van der Waals surface area contributed by atoms with Crippen molar-refractivity contribution >= 4 is 28.4 Å². The molecule has 1 aromatic heterocycles. The van der Waals surface area contributed by atoms with Crippen LogP contribution in [-0.4, -0.2) is 34.8 Å². The van der Waals surface area contributed by atoms with Crippen LogP contribution in [0.4, 0.5) is 5.69 Å². The van der Waals surface area contributed by atoms with E-state index in [4.69, 9.17) is 0 Å². The highest BCUT2D eigenvalue weighted by molar-refractivity contribution is 6.12. The summed E-state index contributed by atoms with van der Waals surface area (Å²) in [6, 6.07) is 15.3. The Hall–Kier alpha value is -3.41. The molecule has 0 saturated carbocycles. The first-order chi connectivity index (χ1) is 13.1. The van der Waals surface area contributed by atoms with Crippen LogP contribution in [0.3, 0.4) is 0 Å². The van der Waals surface area contributed by atoms with Gasteiger partial charge in [0.15, 0.2) is 0 Å². The lowest BCUT2D eigenvalue weighted by molar-refractivity contribution is 0.0792. The van der Waals surface area contributed by atoms with Crippen LogP contribution >= 0.6 is 0 Å². The molecule has 0 unspecified atom stereocenters. The number of rotatable bonds is 3. The number of nitrogens with zero attached hydrogens (tertiary/aromatic N) is 1. The molecule has 27 heavy (non-hydrogen) atoms. The molecule has 6 heteroatoms. The van der Waals surface area contributed by atoms with Crippen molar-refractivity contribution in [3.05, 3.63) is 76.1 Å². The van der Waals surface area contributed by atoms with E-state index in [0.717, 1.165) is 25.9 Å². The Morgan fingerprint density at radius 3 is 2.41 bits per heavy atom. The molecule has 0 aliphatic carbocycles. The number of hydrogen-bond donors (Lipinski definition) is 2. The number of nitrogens with one attached hydrogen (secondary N) is 2. The molecule has 2 heterocycles. The van der Waals surface area contributed by atoms with E-state index in [-0.39, 0.29) is 17.4 Å². The zero-order chi connectivity index (χ0) is 18.8. The van der Waals surface area contributed by atoms with Gasteiger partial charge in [-0.3, -0.25) is 14.4 Å². The van der Waals surface area contributed by atoms with Crippen LogP contribution in [0.5, 0.6) is 0 Å². The molecule has 4 rings (SSSR count). The number of likely N-dealkylation sites (tertiary alicyclic amines) is 1. The third-order valence-electron chi connectivity index (χ3n) is 4.78. The van der Waals surface area contributed by atoms with Crippen LogP contribution in [0.2, 0.25) is 0 Å². The van der Waals surface area contributed by atoms with Gasteiger partial charge in [-0.25, -0.2) is 0 Å². The lowest BCUT2D eigenvalue weighted by Gasteiger charge is -2.15.